The molecule has 50 heavy (non-hydrogen) atoms. The van der Waals surface area contributed by atoms with Gasteiger partial charge in [0.1, 0.15) is 34.5 Å². The number of aromatic nitrogens is 3. The average Bonchev–Trinajstić information content (AvgIpc) is 3.12. The summed E-state index contributed by atoms with van der Waals surface area (Å²) in [5.41, 5.74) is 1.40. The lowest BCUT2D eigenvalue weighted by Gasteiger charge is -2.16. The van der Waals surface area contributed by atoms with E-state index in [-0.39, 0.29) is 23.1 Å². The summed E-state index contributed by atoms with van der Waals surface area (Å²) in [5, 5.41) is 11.2. The number of hydrogen-bond donors (Lipinski definition) is 1. The first-order chi connectivity index (χ1) is 24.4. The maximum Gasteiger partial charge on any atom is 0.335 e. The van der Waals surface area contributed by atoms with Crippen molar-refractivity contribution in [1.29, 1.82) is 0 Å². The zero-order valence-electron chi connectivity index (χ0n) is 29.7. The number of hydrogen-bond acceptors (Lipinski definition) is 10. The van der Waals surface area contributed by atoms with E-state index in [9.17, 15) is 9.90 Å². The Kier molecular flexibility index (Phi) is 14.9. The Morgan fingerprint density at radius 2 is 1.00 bits per heavy atom. The zero-order chi connectivity index (χ0) is 35.7. The van der Waals surface area contributed by atoms with Crippen LogP contribution in [-0.2, 0) is 4.79 Å². The number of rotatable bonds is 21. The van der Waals surface area contributed by atoms with E-state index in [0.29, 0.717) is 71.9 Å². The lowest BCUT2D eigenvalue weighted by molar-refractivity contribution is -0.128. The molecule has 0 aliphatic heterocycles. The van der Waals surface area contributed by atoms with Gasteiger partial charge < -0.3 is 28.8 Å². The number of carbonyl (C=O) groups excluding carboxylic acids is 1. The highest BCUT2D eigenvalue weighted by atomic mass is 16.5. The van der Waals surface area contributed by atoms with E-state index in [1.807, 2.05) is 18.2 Å². The van der Waals surface area contributed by atoms with Crippen LogP contribution in [0.3, 0.4) is 0 Å². The van der Waals surface area contributed by atoms with E-state index >= 15 is 0 Å². The van der Waals surface area contributed by atoms with Gasteiger partial charge >= 0.3 is 5.97 Å². The van der Waals surface area contributed by atoms with Crippen molar-refractivity contribution in [2.75, 3.05) is 26.4 Å². The van der Waals surface area contributed by atoms with Crippen LogP contribution in [0.1, 0.15) is 79.1 Å². The molecule has 1 aromatic heterocycles. The zero-order valence-corrected chi connectivity index (χ0v) is 29.7. The standard InChI is InChI=1S/C40H49N3O7/c1-6-11-21-46-28-15-18-31(34(44)25-28)38-41-39(32-19-16-29(47-22-12-7-2)26-35(32)49-24-14-9-4)43-40(42-38)33-20-17-30(48-23-13-8-3)27-36(33)50-37(45)10-5/h10,15-20,25-27,44H,5-9,11-14,21-24H2,1-4H3. The van der Waals surface area contributed by atoms with E-state index in [1.54, 1.807) is 36.4 Å². The highest BCUT2D eigenvalue weighted by molar-refractivity contribution is 5.85. The Hall–Kier alpha value is -5.12. The third-order valence-electron chi connectivity index (χ3n) is 7.67. The van der Waals surface area contributed by atoms with Crippen molar-refractivity contribution in [3.05, 3.63) is 67.3 Å². The quantitative estimate of drug-likeness (QED) is 0.0393. The normalized spacial score (nSPS) is 10.8. The lowest BCUT2D eigenvalue weighted by atomic mass is 10.1. The average molecular weight is 684 g/mol. The van der Waals surface area contributed by atoms with Gasteiger partial charge in [0.15, 0.2) is 17.5 Å². The summed E-state index contributed by atoms with van der Waals surface area (Å²) >= 11 is 0. The summed E-state index contributed by atoms with van der Waals surface area (Å²) in [7, 11) is 0. The molecule has 0 bridgehead atoms. The number of ether oxygens (including phenoxy) is 5. The van der Waals surface area contributed by atoms with Crippen LogP contribution in [0, 0.1) is 0 Å². The van der Waals surface area contributed by atoms with Crippen LogP contribution >= 0.6 is 0 Å². The van der Waals surface area contributed by atoms with Gasteiger partial charge in [0.2, 0.25) is 0 Å². The van der Waals surface area contributed by atoms with Crippen molar-refractivity contribution in [3.63, 3.8) is 0 Å². The van der Waals surface area contributed by atoms with Crippen LogP contribution < -0.4 is 23.7 Å². The van der Waals surface area contributed by atoms with E-state index in [2.05, 4.69) is 34.3 Å². The lowest BCUT2D eigenvalue weighted by Crippen LogP contribution is -2.07. The Morgan fingerprint density at radius 3 is 1.46 bits per heavy atom. The largest absolute Gasteiger partial charge is 0.507 e. The Morgan fingerprint density at radius 1 is 0.600 bits per heavy atom. The minimum atomic E-state index is -0.645. The van der Waals surface area contributed by atoms with Gasteiger partial charge in [-0.3, -0.25) is 0 Å². The Bertz CT molecular complexity index is 1710. The second-order valence-corrected chi connectivity index (χ2v) is 11.7. The summed E-state index contributed by atoms with van der Waals surface area (Å²) in [4.78, 5) is 27.0. The smallest absolute Gasteiger partial charge is 0.335 e. The molecular weight excluding hydrogens is 634 g/mol. The van der Waals surface area contributed by atoms with Gasteiger partial charge in [-0.25, -0.2) is 19.7 Å². The minimum absolute atomic E-state index is 0.0563. The summed E-state index contributed by atoms with van der Waals surface area (Å²) in [6, 6.07) is 15.8. The molecule has 266 valence electrons. The molecule has 0 saturated carbocycles. The van der Waals surface area contributed by atoms with Crippen molar-refractivity contribution in [2.24, 2.45) is 0 Å². The molecule has 4 aromatic rings. The SMILES string of the molecule is C=CC(=O)Oc1cc(OCCCC)ccc1-c1nc(-c2ccc(OCCCC)cc2O)nc(-c2ccc(OCCCC)cc2OCCCC)n1. The fourth-order valence-corrected chi connectivity index (χ4v) is 4.77. The predicted octanol–water partition coefficient (Wildman–Crippen LogP) is 9.39. The van der Waals surface area contributed by atoms with Gasteiger partial charge in [-0.1, -0.05) is 60.0 Å². The molecule has 10 heteroatoms. The monoisotopic (exact) mass is 683 g/mol. The van der Waals surface area contributed by atoms with Crippen LogP contribution in [0.25, 0.3) is 34.2 Å². The Labute approximate surface area is 295 Å². The molecule has 10 nitrogen and oxygen atoms in total. The summed E-state index contributed by atoms with van der Waals surface area (Å²) in [6.45, 7) is 14.1. The molecule has 0 atom stereocenters. The van der Waals surface area contributed by atoms with Crippen molar-refractivity contribution >= 4 is 5.97 Å². The molecule has 1 N–H and O–H groups in total. The molecule has 0 spiro atoms. The van der Waals surface area contributed by atoms with Crippen LogP contribution in [0.5, 0.6) is 34.5 Å². The van der Waals surface area contributed by atoms with Crippen molar-refractivity contribution in [2.45, 2.75) is 79.1 Å². The molecule has 0 amide bonds. The third kappa shape index (κ3) is 10.7. The topological polar surface area (TPSA) is 122 Å². The summed E-state index contributed by atoms with van der Waals surface area (Å²) < 4.78 is 29.7. The molecule has 0 radical (unpaired) electrons. The first kappa shape index (κ1) is 37.7. The highest BCUT2D eigenvalue weighted by Crippen LogP contribution is 2.38. The van der Waals surface area contributed by atoms with Crippen molar-refractivity contribution < 1.29 is 33.6 Å². The maximum atomic E-state index is 12.5. The van der Waals surface area contributed by atoms with Crippen LogP contribution in [0.4, 0.5) is 0 Å². The molecule has 0 unspecified atom stereocenters. The van der Waals surface area contributed by atoms with E-state index in [4.69, 9.17) is 38.6 Å². The fourth-order valence-electron chi connectivity index (χ4n) is 4.77. The van der Waals surface area contributed by atoms with Gasteiger partial charge in [0, 0.05) is 24.3 Å². The fraction of sp³-hybridized carbons (Fsp3) is 0.400. The molecule has 1 heterocycles. The van der Waals surface area contributed by atoms with Gasteiger partial charge in [0.25, 0.3) is 0 Å². The van der Waals surface area contributed by atoms with Gasteiger partial charge in [-0.15, -0.1) is 0 Å². The number of nitrogens with zero attached hydrogens (tertiary/aromatic N) is 3. The van der Waals surface area contributed by atoms with E-state index < -0.39 is 5.97 Å². The van der Waals surface area contributed by atoms with Crippen molar-refractivity contribution in [1.82, 2.24) is 15.0 Å². The molecule has 0 fully saturated rings. The number of carbonyl (C=O) groups is 1. The first-order valence-electron chi connectivity index (χ1n) is 17.6. The predicted molar refractivity (Wildman–Crippen MR) is 195 cm³/mol. The van der Waals surface area contributed by atoms with Crippen LogP contribution in [-0.4, -0.2) is 52.5 Å². The Balaban J connectivity index is 1.89. The summed E-state index contributed by atoms with van der Waals surface area (Å²) in [6.07, 6.45) is 8.60. The number of phenolic OH excluding ortho intramolecular Hbond substituents is 1. The van der Waals surface area contributed by atoms with Crippen LogP contribution in [0.2, 0.25) is 0 Å². The van der Waals surface area contributed by atoms with E-state index in [0.717, 1.165) is 57.4 Å². The van der Waals surface area contributed by atoms with E-state index in [1.165, 1.54) is 0 Å². The van der Waals surface area contributed by atoms with Crippen LogP contribution in [0.15, 0.2) is 67.3 Å². The second-order valence-electron chi connectivity index (χ2n) is 11.7. The molecular formula is C40H49N3O7. The molecule has 4 rings (SSSR count). The highest BCUT2D eigenvalue weighted by Gasteiger charge is 2.21. The molecule has 0 aliphatic rings. The molecule has 3 aromatic carbocycles. The van der Waals surface area contributed by atoms with Gasteiger partial charge in [-0.05, 0) is 62.1 Å². The number of phenols is 1. The van der Waals surface area contributed by atoms with Gasteiger partial charge in [-0.2, -0.15) is 0 Å². The molecule has 0 saturated heterocycles. The number of unbranched alkanes of at least 4 members (excludes halogenated alkanes) is 4. The maximum absolute atomic E-state index is 12.5. The third-order valence-corrected chi connectivity index (χ3v) is 7.67. The minimum Gasteiger partial charge on any atom is -0.507 e. The first-order valence-corrected chi connectivity index (χ1v) is 17.6. The molecule has 0 aliphatic carbocycles. The summed E-state index contributed by atoms with van der Waals surface area (Å²) in [5.74, 6) is 2.50. The number of esters is 1. The second kappa shape index (κ2) is 19.8. The van der Waals surface area contributed by atoms with Crippen molar-refractivity contribution in [3.8, 4) is 68.7 Å². The van der Waals surface area contributed by atoms with Gasteiger partial charge in [0.05, 0.1) is 43.1 Å². The number of aromatic hydroxyl groups is 1. The number of benzene rings is 3.